The Morgan fingerprint density at radius 3 is 2.56 bits per heavy atom. The van der Waals surface area contributed by atoms with Crippen LogP contribution >= 0.6 is 15.9 Å². The van der Waals surface area contributed by atoms with Crippen molar-refractivity contribution in [2.45, 2.75) is 26.3 Å². The first-order valence-electron chi connectivity index (χ1n) is 5.55. The molecule has 0 aliphatic heterocycles. The van der Waals surface area contributed by atoms with Crippen LogP contribution in [0.5, 0.6) is 0 Å². The molecule has 2 N–H and O–H groups in total. The average Bonchev–Trinajstić information content (AvgIpc) is 2.28. The first-order chi connectivity index (χ1) is 8.40. The van der Waals surface area contributed by atoms with Gasteiger partial charge in [-0.1, -0.05) is 13.8 Å². The van der Waals surface area contributed by atoms with E-state index in [-0.39, 0.29) is 11.6 Å². The monoisotopic (exact) mass is 314 g/mol. The SMILES string of the molecule is CC(C)C[C@@H](NC(=O)c1ccc(Br)cn1)C(=O)O. The molecule has 1 amide bonds. The number of nitrogens with zero attached hydrogens (tertiary/aromatic N) is 1. The molecule has 0 saturated carbocycles. The highest BCUT2D eigenvalue weighted by Crippen LogP contribution is 2.09. The Bertz CT molecular complexity index is 431. The fourth-order valence-corrected chi connectivity index (χ4v) is 1.67. The molecule has 1 heterocycles. The summed E-state index contributed by atoms with van der Waals surface area (Å²) in [6.45, 7) is 3.81. The zero-order valence-corrected chi connectivity index (χ0v) is 11.8. The summed E-state index contributed by atoms with van der Waals surface area (Å²) < 4.78 is 0.760. The van der Waals surface area contributed by atoms with Crippen molar-refractivity contribution in [1.29, 1.82) is 0 Å². The second-order valence-corrected chi connectivity index (χ2v) is 5.27. The smallest absolute Gasteiger partial charge is 0.326 e. The quantitative estimate of drug-likeness (QED) is 0.872. The average molecular weight is 315 g/mol. The third-order valence-corrected chi connectivity index (χ3v) is 2.74. The van der Waals surface area contributed by atoms with Gasteiger partial charge in [-0.05, 0) is 40.4 Å². The maximum absolute atomic E-state index is 11.8. The van der Waals surface area contributed by atoms with Crippen LogP contribution < -0.4 is 5.32 Å². The number of pyridine rings is 1. The lowest BCUT2D eigenvalue weighted by molar-refractivity contribution is -0.139. The summed E-state index contributed by atoms with van der Waals surface area (Å²) in [5.74, 6) is -1.33. The van der Waals surface area contributed by atoms with E-state index in [4.69, 9.17) is 5.11 Å². The number of halogens is 1. The van der Waals surface area contributed by atoms with E-state index in [9.17, 15) is 9.59 Å². The molecule has 18 heavy (non-hydrogen) atoms. The number of rotatable bonds is 5. The number of hydrogen-bond donors (Lipinski definition) is 2. The van der Waals surface area contributed by atoms with E-state index >= 15 is 0 Å². The lowest BCUT2D eigenvalue weighted by atomic mass is 10.0. The molecule has 98 valence electrons. The molecule has 6 heteroatoms. The molecule has 1 atom stereocenters. The molecule has 0 bridgehead atoms. The van der Waals surface area contributed by atoms with Crippen LogP contribution in [-0.4, -0.2) is 28.0 Å². The Hall–Kier alpha value is -1.43. The van der Waals surface area contributed by atoms with Crippen molar-refractivity contribution in [3.63, 3.8) is 0 Å². The third-order valence-electron chi connectivity index (χ3n) is 2.27. The predicted octanol–water partition coefficient (Wildman–Crippen LogP) is 2.07. The van der Waals surface area contributed by atoms with Gasteiger partial charge in [0.25, 0.3) is 5.91 Å². The summed E-state index contributed by atoms with van der Waals surface area (Å²) in [4.78, 5) is 26.7. The first-order valence-corrected chi connectivity index (χ1v) is 6.34. The number of amides is 1. The number of carbonyl (C=O) groups excluding carboxylic acids is 1. The summed E-state index contributed by atoms with van der Waals surface area (Å²) in [6.07, 6.45) is 1.88. The largest absolute Gasteiger partial charge is 0.480 e. The summed E-state index contributed by atoms with van der Waals surface area (Å²) in [5.41, 5.74) is 0.202. The van der Waals surface area contributed by atoms with Crippen molar-refractivity contribution in [3.8, 4) is 0 Å². The molecule has 0 spiro atoms. The van der Waals surface area contributed by atoms with Crippen LogP contribution in [0.2, 0.25) is 0 Å². The zero-order valence-electron chi connectivity index (χ0n) is 10.2. The number of carboxylic acids is 1. The van der Waals surface area contributed by atoms with Gasteiger partial charge in [-0.15, -0.1) is 0 Å². The van der Waals surface area contributed by atoms with Gasteiger partial charge >= 0.3 is 5.97 Å². The Morgan fingerprint density at radius 1 is 1.44 bits per heavy atom. The minimum absolute atomic E-state index is 0.185. The highest BCUT2D eigenvalue weighted by Gasteiger charge is 2.22. The van der Waals surface area contributed by atoms with Crippen molar-refractivity contribution in [3.05, 3.63) is 28.5 Å². The molecule has 1 rings (SSSR count). The van der Waals surface area contributed by atoms with E-state index < -0.39 is 17.9 Å². The molecule has 0 aliphatic carbocycles. The van der Waals surface area contributed by atoms with Crippen molar-refractivity contribution < 1.29 is 14.7 Å². The lowest BCUT2D eigenvalue weighted by Gasteiger charge is -2.16. The number of aromatic nitrogens is 1. The molecule has 0 unspecified atom stereocenters. The Morgan fingerprint density at radius 2 is 2.11 bits per heavy atom. The van der Waals surface area contributed by atoms with Crippen LogP contribution in [0.1, 0.15) is 30.8 Å². The fraction of sp³-hybridized carbons (Fsp3) is 0.417. The highest BCUT2D eigenvalue weighted by atomic mass is 79.9. The Balaban J connectivity index is 2.72. The zero-order chi connectivity index (χ0) is 13.7. The van der Waals surface area contributed by atoms with E-state index in [0.717, 1.165) is 4.47 Å². The van der Waals surface area contributed by atoms with Crippen LogP contribution in [-0.2, 0) is 4.79 Å². The van der Waals surface area contributed by atoms with E-state index in [1.54, 1.807) is 6.07 Å². The van der Waals surface area contributed by atoms with E-state index in [0.29, 0.717) is 6.42 Å². The van der Waals surface area contributed by atoms with E-state index in [2.05, 4.69) is 26.2 Å². The van der Waals surface area contributed by atoms with Crippen LogP contribution in [0, 0.1) is 5.92 Å². The molecular weight excluding hydrogens is 300 g/mol. The second-order valence-electron chi connectivity index (χ2n) is 4.36. The normalized spacial score (nSPS) is 12.2. The number of nitrogens with one attached hydrogen (secondary N) is 1. The summed E-state index contributed by atoms with van der Waals surface area (Å²) in [7, 11) is 0. The molecule has 0 aliphatic rings. The molecular formula is C12H15BrN2O3. The number of carbonyl (C=O) groups is 2. The van der Waals surface area contributed by atoms with Crippen molar-refractivity contribution in [1.82, 2.24) is 10.3 Å². The predicted molar refractivity (Wildman–Crippen MR) is 70.3 cm³/mol. The van der Waals surface area contributed by atoms with E-state index in [1.807, 2.05) is 13.8 Å². The van der Waals surface area contributed by atoms with Gasteiger partial charge in [-0.25, -0.2) is 9.78 Å². The Labute approximate surface area is 114 Å². The van der Waals surface area contributed by atoms with Crippen LogP contribution in [0.25, 0.3) is 0 Å². The molecule has 1 aromatic rings. The van der Waals surface area contributed by atoms with Crippen molar-refractivity contribution in [2.75, 3.05) is 0 Å². The van der Waals surface area contributed by atoms with Gasteiger partial charge in [-0.2, -0.15) is 0 Å². The molecule has 5 nitrogen and oxygen atoms in total. The summed E-state index contributed by atoms with van der Waals surface area (Å²) in [5, 5.41) is 11.5. The Kier molecular flexibility index (Phi) is 5.27. The molecule has 0 aromatic carbocycles. The van der Waals surface area contributed by atoms with Gasteiger partial charge in [-0.3, -0.25) is 4.79 Å². The second kappa shape index (κ2) is 6.49. The van der Waals surface area contributed by atoms with Gasteiger partial charge in [0.1, 0.15) is 11.7 Å². The summed E-state index contributed by atoms with van der Waals surface area (Å²) in [6, 6.07) is 2.33. The van der Waals surface area contributed by atoms with Crippen molar-refractivity contribution in [2.24, 2.45) is 5.92 Å². The standard InChI is InChI=1S/C12H15BrN2O3/c1-7(2)5-10(12(17)18)15-11(16)9-4-3-8(13)6-14-9/h3-4,6-7,10H,5H2,1-2H3,(H,15,16)(H,17,18)/t10-/m1/s1. The van der Waals surface area contributed by atoms with Crippen LogP contribution in [0.3, 0.4) is 0 Å². The van der Waals surface area contributed by atoms with Gasteiger partial charge in [0.15, 0.2) is 0 Å². The first kappa shape index (κ1) is 14.6. The minimum Gasteiger partial charge on any atom is -0.480 e. The minimum atomic E-state index is -1.03. The molecule has 0 fully saturated rings. The van der Waals surface area contributed by atoms with Gasteiger partial charge < -0.3 is 10.4 Å². The lowest BCUT2D eigenvalue weighted by Crippen LogP contribution is -2.41. The van der Waals surface area contributed by atoms with Crippen LogP contribution in [0.15, 0.2) is 22.8 Å². The molecule has 0 radical (unpaired) electrons. The number of carboxylic acid groups (broad SMARTS) is 1. The maximum atomic E-state index is 11.8. The van der Waals surface area contributed by atoms with Gasteiger partial charge in [0, 0.05) is 10.7 Å². The van der Waals surface area contributed by atoms with Crippen molar-refractivity contribution >= 4 is 27.8 Å². The van der Waals surface area contributed by atoms with Crippen LogP contribution in [0.4, 0.5) is 0 Å². The third kappa shape index (κ3) is 4.44. The number of aliphatic carboxylic acids is 1. The topological polar surface area (TPSA) is 79.3 Å². The molecule has 1 aromatic heterocycles. The molecule has 0 saturated heterocycles. The highest BCUT2D eigenvalue weighted by molar-refractivity contribution is 9.10. The van der Waals surface area contributed by atoms with E-state index in [1.165, 1.54) is 12.3 Å². The maximum Gasteiger partial charge on any atom is 0.326 e. The number of hydrogen-bond acceptors (Lipinski definition) is 3. The summed E-state index contributed by atoms with van der Waals surface area (Å²) >= 11 is 3.21. The fourth-order valence-electron chi connectivity index (χ4n) is 1.44. The van der Waals surface area contributed by atoms with Gasteiger partial charge in [0.05, 0.1) is 0 Å². The van der Waals surface area contributed by atoms with Gasteiger partial charge in [0.2, 0.25) is 0 Å².